The van der Waals surface area contributed by atoms with Crippen LogP contribution in [-0.2, 0) is 0 Å². The van der Waals surface area contributed by atoms with Crippen molar-refractivity contribution in [2.45, 2.75) is 20.8 Å². The molecule has 2 aromatic rings. The summed E-state index contributed by atoms with van der Waals surface area (Å²) in [6.07, 6.45) is 0. The number of halogens is 1. The number of nitrogens with zero attached hydrogens (tertiary/aromatic N) is 1. The highest BCUT2D eigenvalue weighted by molar-refractivity contribution is 9.10. The molecule has 0 aliphatic heterocycles. The van der Waals surface area contributed by atoms with Gasteiger partial charge in [-0.05, 0) is 29.8 Å². The summed E-state index contributed by atoms with van der Waals surface area (Å²) in [6, 6.07) is 1.83. The maximum atomic E-state index is 11.3. The molecule has 0 spiro atoms. The van der Waals surface area contributed by atoms with Gasteiger partial charge in [0.15, 0.2) is 11.5 Å². The molecule has 2 heterocycles. The van der Waals surface area contributed by atoms with Crippen LogP contribution in [0, 0.1) is 13.8 Å². The van der Waals surface area contributed by atoms with Crippen LogP contribution >= 0.6 is 15.9 Å². The molecular formula is C11H10BrNO2. The average Bonchev–Trinajstić information content (AvgIpc) is 2.42. The molecule has 0 fully saturated rings. The monoisotopic (exact) mass is 267 g/mol. The Hall–Kier alpha value is -1.16. The quantitative estimate of drug-likeness (QED) is 0.744. The number of rotatable bonds is 1. The lowest BCUT2D eigenvalue weighted by atomic mass is 10.2. The highest BCUT2D eigenvalue weighted by Crippen LogP contribution is 2.33. The van der Waals surface area contributed by atoms with E-state index in [4.69, 9.17) is 4.42 Å². The summed E-state index contributed by atoms with van der Waals surface area (Å²) in [4.78, 5) is 15.6. The molecule has 0 unspecified atom stereocenters. The fourth-order valence-corrected chi connectivity index (χ4v) is 2.48. The van der Waals surface area contributed by atoms with Gasteiger partial charge >= 0.3 is 0 Å². The number of hydrogen-bond donors (Lipinski definition) is 0. The average molecular weight is 268 g/mol. The van der Waals surface area contributed by atoms with Crippen LogP contribution in [0.3, 0.4) is 0 Å². The first kappa shape index (κ1) is 10.4. The number of aromatic nitrogens is 1. The first-order valence-corrected chi connectivity index (χ1v) is 5.37. The summed E-state index contributed by atoms with van der Waals surface area (Å²) < 4.78 is 6.19. The van der Waals surface area contributed by atoms with Crippen molar-refractivity contribution in [3.8, 4) is 0 Å². The Labute approximate surface area is 95.6 Å². The van der Waals surface area contributed by atoms with Crippen LogP contribution in [0.4, 0.5) is 0 Å². The van der Waals surface area contributed by atoms with E-state index in [1.54, 1.807) is 0 Å². The second kappa shape index (κ2) is 3.45. The van der Waals surface area contributed by atoms with Crippen LogP contribution in [0.2, 0.25) is 0 Å². The van der Waals surface area contributed by atoms with Gasteiger partial charge in [-0.1, -0.05) is 0 Å². The first-order chi connectivity index (χ1) is 7.00. The molecule has 0 saturated carbocycles. The van der Waals surface area contributed by atoms with Gasteiger partial charge in [0.05, 0.1) is 9.86 Å². The number of furan rings is 1. The first-order valence-electron chi connectivity index (χ1n) is 4.58. The second-order valence-electron chi connectivity index (χ2n) is 3.52. The summed E-state index contributed by atoms with van der Waals surface area (Å²) in [5.74, 6) is 0.274. The van der Waals surface area contributed by atoms with Crippen LogP contribution in [0.1, 0.15) is 28.9 Å². The zero-order valence-electron chi connectivity index (χ0n) is 8.72. The van der Waals surface area contributed by atoms with E-state index < -0.39 is 0 Å². The lowest BCUT2D eigenvalue weighted by Gasteiger charge is -1.96. The fourth-order valence-electron chi connectivity index (χ4n) is 1.64. The molecule has 4 heteroatoms. The SMILES string of the molecule is CC(=O)c1oc2cc(C)nc(C)c2c1Br. The van der Waals surface area contributed by atoms with Gasteiger partial charge in [0.25, 0.3) is 0 Å². The molecule has 15 heavy (non-hydrogen) atoms. The van der Waals surface area contributed by atoms with Gasteiger partial charge < -0.3 is 4.42 Å². The van der Waals surface area contributed by atoms with Crippen LogP contribution < -0.4 is 0 Å². The molecular weight excluding hydrogens is 258 g/mol. The Bertz CT molecular complexity index is 557. The maximum absolute atomic E-state index is 11.3. The number of ketones is 1. The van der Waals surface area contributed by atoms with Crippen LogP contribution in [0.15, 0.2) is 15.0 Å². The summed E-state index contributed by atoms with van der Waals surface area (Å²) in [6.45, 7) is 5.29. The number of aryl methyl sites for hydroxylation is 2. The Kier molecular flexibility index (Phi) is 2.38. The van der Waals surface area contributed by atoms with Crippen molar-refractivity contribution in [2.75, 3.05) is 0 Å². The summed E-state index contributed by atoms with van der Waals surface area (Å²) in [7, 11) is 0. The van der Waals surface area contributed by atoms with Crippen molar-refractivity contribution >= 4 is 32.7 Å². The molecule has 0 aliphatic carbocycles. The Balaban J connectivity index is 2.88. The molecule has 3 nitrogen and oxygen atoms in total. The van der Waals surface area contributed by atoms with Gasteiger partial charge in [0, 0.05) is 24.4 Å². The molecule has 2 rings (SSSR count). The lowest BCUT2D eigenvalue weighted by Crippen LogP contribution is -1.89. The van der Waals surface area contributed by atoms with Crippen molar-refractivity contribution in [2.24, 2.45) is 0 Å². The molecule has 0 N–H and O–H groups in total. The van der Waals surface area contributed by atoms with Gasteiger partial charge in [-0.25, -0.2) is 0 Å². The van der Waals surface area contributed by atoms with Crippen LogP contribution in [-0.4, -0.2) is 10.8 Å². The molecule has 0 amide bonds. The van der Waals surface area contributed by atoms with Crippen molar-refractivity contribution in [3.05, 3.63) is 27.7 Å². The van der Waals surface area contributed by atoms with Gasteiger partial charge in [-0.15, -0.1) is 0 Å². The molecule has 2 aromatic heterocycles. The Morgan fingerprint density at radius 3 is 2.73 bits per heavy atom. The van der Waals surface area contributed by atoms with E-state index in [-0.39, 0.29) is 5.78 Å². The third kappa shape index (κ3) is 1.59. The third-order valence-corrected chi connectivity index (χ3v) is 3.00. The predicted octanol–water partition coefficient (Wildman–Crippen LogP) is 3.41. The van der Waals surface area contributed by atoms with E-state index in [1.165, 1.54) is 6.92 Å². The third-order valence-electron chi connectivity index (χ3n) is 2.24. The maximum Gasteiger partial charge on any atom is 0.196 e. The number of carbonyl (C=O) groups excluding carboxylic acids is 1. The number of carbonyl (C=O) groups is 1. The number of hydrogen-bond acceptors (Lipinski definition) is 3. The van der Waals surface area contributed by atoms with Crippen LogP contribution in [0.25, 0.3) is 11.0 Å². The van der Waals surface area contributed by atoms with Crippen molar-refractivity contribution < 1.29 is 9.21 Å². The van der Waals surface area contributed by atoms with Crippen molar-refractivity contribution in [1.82, 2.24) is 4.98 Å². The lowest BCUT2D eigenvalue weighted by molar-refractivity contribution is 0.0988. The van der Waals surface area contributed by atoms with Crippen molar-refractivity contribution in [3.63, 3.8) is 0 Å². The molecule has 0 radical (unpaired) electrons. The number of fused-ring (bicyclic) bond motifs is 1. The predicted molar refractivity (Wildman–Crippen MR) is 61.2 cm³/mol. The van der Waals surface area contributed by atoms with E-state index in [9.17, 15) is 4.79 Å². The summed E-state index contributed by atoms with van der Waals surface area (Å²) in [5, 5.41) is 0.880. The highest BCUT2D eigenvalue weighted by Gasteiger charge is 2.17. The molecule has 0 aromatic carbocycles. The number of pyridine rings is 1. The minimum absolute atomic E-state index is 0.0878. The second-order valence-corrected chi connectivity index (χ2v) is 4.32. The normalized spacial score (nSPS) is 10.9. The molecule has 0 saturated heterocycles. The van der Waals surface area contributed by atoms with Gasteiger partial charge in [0.1, 0.15) is 5.58 Å². The molecule has 0 aliphatic rings. The summed E-state index contributed by atoms with van der Waals surface area (Å²) in [5.41, 5.74) is 2.46. The van der Waals surface area contributed by atoms with Gasteiger partial charge in [-0.3, -0.25) is 9.78 Å². The highest BCUT2D eigenvalue weighted by atomic mass is 79.9. The molecule has 0 bridgehead atoms. The van der Waals surface area contributed by atoms with Gasteiger partial charge in [-0.2, -0.15) is 0 Å². The largest absolute Gasteiger partial charge is 0.452 e. The Morgan fingerprint density at radius 1 is 1.47 bits per heavy atom. The minimum atomic E-state index is -0.0878. The molecule has 0 atom stereocenters. The Morgan fingerprint density at radius 2 is 2.13 bits per heavy atom. The smallest absolute Gasteiger partial charge is 0.196 e. The zero-order valence-corrected chi connectivity index (χ0v) is 10.3. The standard InChI is InChI=1S/C11H10BrNO2/c1-5-4-8-9(6(2)13-5)10(12)11(15-8)7(3)14/h4H,1-3H3. The topological polar surface area (TPSA) is 43.1 Å². The fraction of sp³-hybridized carbons (Fsp3) is 0.273. The van der Waals surface area contributed by atoms with E-state index in [0.29, 0.717) is 15.8 Å². The van der Waals surface area contributed by atoms with E-state index in [0.717, 1.165) is 16.8 Å². The molecule has 78 valence electrons. The van der Waals surface area contributed by atoms with E-state index >= 15 is 0 Å². The van der Waals surface area contributed by atoms with Gasteiger partial charge in [0.2, 0.25) is 0 Å². The number of Topliss-reactive ketones (excluding diaryl/α,β-unsaturated/α-hetero) is 1. The summed E-state index contributed by atoms with van der Waals surface area (Å²) >= 11 is 3.37. The minimum Gasteiger partial charge on any atom is -0.452 e. The van der Waals surface area contributed by atoms with E-state index in [1.807, 2.05) is 19.9 Å². The van der Waals surface area contributed by atoms with E-state index in [2.05, 4.69) is 20.9 Å². The van der Waals surface area contributed by atoms with Crippen LogP contribution in [0.5, 0.6) is 0 Å². The van der Waals surface area contributed by atoms with Crippen molar-refractivity contribution in [1.29, 1.82) is 0 Å². The zero-order chi connectivity index (χ0) is 11.2.